The average Bonchev–Trinajstić information content (AvgIpc) is 2.83. The number of carbonyl (C=O) groups excluding carboxylic acids is 2. The van der Waals surface area contributed by atoms with Gasteiger partial charge in [-0.3, -0.25) is 9.59 Å². The molecule has 2 amide bonds. The maximum atomic E-state index is 14.1. The van der Waals surface area contributed by atoms with Gasteiger partial charge in [0.15, 0.2) is 23.3 Å². The molecule has 0 bridgehead atoms. The van der Waals surface area contributed by atoms with Crippen molar-refractivity contribution in [1.82, 2.24) is 0 Å². The number of nitrogens with one attached hydrogen (secondary N) is 2. The van der Waals surface area contributed by atoms with Crippen molar-refractivity contribution in [3.63, 3.8) is 0 Å². The van der Waals surface area contributed by atoms with Gasteiger partial charge in [0, 0.05) is 28.8 Å². The molecule has 1 unspecified atom stereocenters. The van der Waals surface area contributed by atoms with Crippen molar-refractivity contribution in [3.8, 4) is 0 Å². The molecule has 35 heavy (non-hydrogen) atoms. The summed E-state index contributed by atoms with van der Waals surface area (Å²) in [6.07, 6.45) is 1.49. The number of carboxylic acid groups (broad SMARTS) is 1. The number of halogens is 4. The fourth-order valence-electron chi connectivity index (χ4n) is 2.89. The Balaban J connectivity index is 1.88. The second kappa shape index (κ2) is 11.3. The molecule has 11 heteroatoms. The largest absolute Gasteiger partial charge is 0.478 e. The minimum atomic E-state index is -1.74. The van der Waals surface area contributed by atoms with Crippen LogP contribution >= 0.6 is 11.8 Å². The maximum Gasteiger partial charge on any atom is 0.328 e. The van der Waals surface area contributed by atoms with E-state index < -0.39 is 52.0 Å². The highest BCUT2D eigenvalue weighted by molar-refractivity contribution is 8.00. The van der Waals surface area contributed by atoms with Crippen molar-refractivity contribution < 1.29 is 37.1 Å². The van der Waals surface area contributed by atoms with E-state index in [1.54, 1.807) is 42.5 Å². The molecule has 0 saturated heterocycles. The lowest BCUT2D eigenvalue weighted by molar-refractivity contribution is -0.131. The van der Waals surface area contributed by atoms with Gasteiger partial charge in [0.25, 0.3) is 0 Å². The Hall–Kier alpha value is -4.12. The average molecular weight is 504 g/mol. The van der Waals surface area contributed by atoms with Crippen molar-refractivity contribution in [3.05, 3.63) is 102 Å². The van der Waals surface area contributed by atoms with Crippen molar-refractivity contribution in [2.45, 2.75) is 10.1 Å². The molecule has 3 N–H and O–H groups in total. The molecule has 1 atom stereocenters. The number of anilines is 2. The van der Waals surface area contributed by atoms with Gasteiger partial charge in [-0.2, -0.15) is 0 Å². The zero-order valence-electron chi connectivity index (χ0n) is 17.6. The van der Waals surface area contributed by atoms with E-state index in [4.69, 9.17) is 5.11 Å². The second-order valence-electron chi connectivity index (χ2n) is 6.93. The fraction of sp³-hybridized carbons (Fsp3) is 0.0417. The Morgan fingerprint density at radius 2 is 1.49 bits per heavy atom. The first kappa shape index (κ1) is 25.5. The van der Waals surface area contributed by atoms with Crippen LogP contribution in [0.1, 0.15) is 10.8 Å². The molecule has 0 aliphatic rings. The summed E-state index contributed by atoms with van der Waals surface area (Å²) in [6, 6.07) is 14.3. The molecule has 0 fully saturated rings. The van der Waals surface area contributed by atoms with Gasteiger partial charge in [0.1, 0.15) is 10.9 Å². The number of thioether (sulfide) groups is 1. The summed E-state index contributed by atoms with van der Waals surface area (Å²) in [4.78, 5) is 35.8. The second-order valence-corrected chi connectivity index (χ2v) is 8.11. The maximum absolute atomic E-state index is 14.1. The van der Waals surface area contributed by atoms with Gasteiger partial charge in [0.2, 0.25) is 11.8 Å². The highest BCUT2D eigenvalue weighted by atomic mass is 32.2. The number of hydrogen-bond donors (Lipinski definition) is 3. The van der Waals surface area contributed by atoms with Gasteiger partial charge < -0.3 is 15.7 Å². The van der Waals surface area contributed by atoms with E-state index in [9.17, 15) is 31.9 Å². The lowest BCUT2D eigenvalue weighted by Gasteiger charge is -2.18. The topological polar surface area (TPSA) is 95.5 Å². The van der Waals surface area contributed by atoms with Crippen LogP contribution in [0.5, 0.6) is 0 Å². The summed E-state index contributed by atoms with van der Waals surface area (Å²) < 4.78 is 55.4. The van der Waals surface area contributed by atoms with E-state index in [0.717, 1.165) is 17.8 Å². The minimum Gasteiger partial charge on any atom is -0.478 e. The third-order valence-electron chi connectivity index (χ3n) is 4.43. The number of benzene rings is 3. The molecule has 0 aromatic heterocycles. The number of rotatable bonds is 8. The smallest absolute Gasteiger partial charge is 0.328 e. The SMILES string of the molecule is O=C(O)/C=C/C(=O)Nc1cccc(SC(C(=O)Nc2c(F)c(F)cc(F)c2F)c2ccccc2)c1. The predicted molar refractivity (Wildman–Crippen MR) is 122 cm³/mol. The first-order valence-corrected chi connectivity index (χ1v) is 10.7. The molecular weight excluding hydrogens is 488 g/mol. The van der Waals surface area contributed by atoms with Crippen molar-refractivity contribution in [1.29, 1.82) is 0 Å². The van der Waals surface area contributed by atoms with Crippen molar-refractivity contribution in [2.24, 2.45) is 0 Å². The quantitative estimate of drug-likeness (QED) is 0.168. The number of aliphatic carboxylic acids is 1. The van der Waals surface area contributed by atoms with Gasteiger partial charge in [-0.05, 0) is 23.8 Å². The van der Waals surface area contributed by atoms with Crippen LogP contribution in [-0.2, 0) is 14.4 Å². The molecule has 3 aromatic rings. The molecule has 3 aromatic carbocycles. The zero-order valence-corrected chi connectivity index (χ0v) is 18.4. The minimum absolute atomic E-state index is 0.0369. The Morgan fingerprint density at radius 1 is 0.829 bits per heavy atom. The Bertz CT molecular complexity index is 1280. The Kier molecular flexibility index (Phi) is 8.26. The van der Waals surface area contributed by atoms with E-state index in [0.29, 0.717) is 16.5 Å². The fourth-order valence-corrected chi connectivity index (χ4v) is 3.97. The number of carboxylic acids is 1. The van der Waals surface area contributed by atoms with Crippen molar-refractivity contribution >= 4 is 40.9 Å². The van der Waals surface area contributed by atoms with E-state index in [2.05, 4.69) is 5.32 Å². The Labute approximate surface area is 200 Å². The van der Waals surface area contributed by atoms with Crippen LogP contribution in [-0.4, -0.2) is 22.9 Å². The van der Waals surface area contributed by atoms with Gasteiger partial charge >= 0.3 is 5.97 Å². The van der Waals surface area contributed by atoms with Gasteiger partial charge in [-0.15, -0.1) is 11.8 Å². The lowest BCUT2D eigenvalue weighted by atomic mass is 10.1. The van der Waals surface area contributed by atoms with Crippen LogP contribution in [0, 0.1) is 23.3 Å². The normalized spacial score (nSPS) is 11.8. The molecule has 3 rings (SSSR count). The number of hydrogen-bond acceptors (Lipinski definition) is 4. The van der Waals surface area contributed by atoms with Gasteiger partial charge in [-0.1, -0.05) is 36.4 Å². The predicted octanol–water partition coefficient (Wildman–Crippen LogP) is 5.29. The lowest BCUT2D eigenvalue weighted by Crippen LogP contribution is -2.21. The van der Waals surface area contributed by atoms with E-state index in [1.165, 1.54) is 12.1 Å². The molecule has 180 valence electrons. The zero-order chi connectivity index (χ0) is 25.5. The molecule has 0 aliphatic heterocycles. The number of amides is 2. The summed E-state index contributed by atoms with van der Waals surface area (Å²) in [5.41, 5.74) is -0.543. The van der Waals surface area contributed by atoms with E-state index >= 15 is 0 Å². The monoisotopic (exact) mass is 504 g/mol. The molecule has 0 spiro atoms. The van der Waals surface area contributed by atoms with Crippen LogP contribution in [0.25, 0.3) is 0 Å². The molecule has 0 heterocycles. The van der Waals surface area contributed by atoms with Gasteiger partial charge in [-0.25, -0.2) is 22.4 Å². The third kappa shape index (κ3) is 6.70. The first-order valence-electron chi connectivity index (χ1n) is 9.83. The van der Waals surface area contributed by atoms with Gasteiger partial charge in [0.05, 0.1) is 0 Å². The molecular formula is C24H16F4N2O4S. The summed E-state index contributed by atoms with van der Waals surface area (Å²) in [6.45, 7) is 0. The van der Waals surface area contributed by atoms with E-state index in [-0.39, 0.29) is 11.8 Å². The van der Waals surface area contributed by atoms with Crippen LogP contribution in [0.2, 0.25) is 0 Å². The van der Waals surface area contributed by atoms with Crippen molar-refractivity contribution in [2.75, 3.05) is 10.6 Å². The number of carbonyl (C=O) groups is 3. The van der Waals surface area contributed by atoms with Crippen LogP contribution in [0.4, 0.5) is 28.9 Å². The highest BCUT2D eigenvalue weighted by Gasteiger charge is 2.27. The Morgan fingerprint density at radius 3 is 2.11 bits per heavy atom. The summed E-state index contributed by atoms with van der Waals surface area (Å²) in [7, 11) is 0. The molecule has 0 saturated carbocycles. The highest BCUT2D eigenvalue weighted by Crippen LogP contribution is 2.38. The molecule has 0 radical (unpaired) electrons. The van der Waals surface area contributed by atoms with Crippen LogP contribution in [0.3, 0.4) is 0 Å². The van der Waals surface area contributed by atoms with E-state index in [1.807, 2.05) is 5.32 Å². The molecule has 0 aliphatic carbocycles. The summed E-state index contributed by atoms with van der Waals surface area (Å²) in [5, 5.41) is 11.9. The first-order chi connectivity index (χ1) is 16.7. The van der Waals surface area contributed by atoms with Crippen LogP contribution < -0.4 is 10.6 Å². The third-order valence-corrected chi connectivity index (χ3v) is 5.68. The summed E-state index contributed by atoms with van der Waals surface area (Å²) in [5.74, 6) is -9.77. The standard InChI is InChI=1S/C24H16F4N2O4S/c25-16-12-17(26)21(28)22(20(16)27)30-24(34)23(13-5-2-1-3-6-13)35-15-8-4-7-14(11-15)29-18(31)9-10-19(32)33/h1-12,23H,(H,29,31)(H,30,34)(H,32,33)/b10-9+. The molecule has 6 nitrogen and oxygen atoms in total. The summed E-state index contributed by atoms with van der Waals surface area (Å²) >= 11 is 0.941. The van der Waals surface area contributed by atoms with Crippen LogP contribution in [0.15, 0.2) is 77.7 Å².